The van der Waals surface area contributed by atoms with Crippen molar-refractivity contribution in [2.45, 2.75) is 66.7 Å². The molecule has 3 nitrogen and oxygen atoms in total. The highest BCUT2D eigenvalue weighted by Gasteiger charge is 2.16. The number of furan rings is 1. The van der Waals surface area contributed by atoms with Gasteiger partial charge in [-0.05, 0) is 32.9 Å². The Morgan fingerprint density at radius 2 is 1.84 bits per heavy atom. The molecule has 0 aliphatic carbocycles. The average molecular weight is 266 g/mol. The Balaban J connectivity index is 2.63. The highest BCUT2D eigenvalue weighted by molar-refractivity contribution is 5.20. The molecule has 1 unspecified atom stereocenters. The lowest BCUT2D eigenvalue weighted by Crippen LogP contribution is -2.32. The molecule has 1 rings (SSSR count). The number of hydrogen-bond acceptors (Lipinski definition) is 3. The van der Waals surface area contributed by atoms with E-state index in [9.17, 15) is 0 Å². The summed E-state index contributed by atoms with van der Waals surface area (Å²) in [6.45, 7) is 14.9. The highest BCUT2D eigenvalue weighted by atomic mass is 16.3. The van der Waals surface area contributed by atoms with Gasteiger partial charge in [-0.1, -0.05) is 27.7 Å². The summed E-state index contributed by atoms with van der Waals surface area (Å²) in [7, 11) is 2.18. The van der Waals surface area contributed by atoms with E-state index in [1.165, 1.54) is 5.56 Å². The van der Waals surface area contributed by atoms with Crippen molar-refractivity contribution in [3.63, 3.8) is 0 Å². The summed E-state index contributed by atoms with van der Waals surface area (Å²) in [5.74, 6) is 2.74. The van der Waals surface area contributed by atoms with Gasteiger partial charge in [-0.25, -0.2) is 0 Å². The summed E-state index contributed by atoms with van der Waals surface area (Å²) in [5.41, 5.74) is 1.30. The van der Waals surface area contributed by atoms with Gasteiger partial charge in [-0.2, -0.15) is 0 Å². The molecule has 0 saturated carbocycles. The van der Waals surface area contributed by atoms with Crippen molar-refractivity contribution in [2.75, 3.05) is 7.05 Å². The normalized spacial score (nSPS) is 13.8. The molecule has 110 valence electrons. The molecule has 0 amide bonds. The second-order valence-electron chi connectivity index (χ2n) is 6.23. The fourth-order valence-electron chi connectivity index (χ4n) is 2.06. The molecule has 19 heavy (non-hydrogen) atoms. The summed E-state index contributed by atoms with van der Waals surface area (Å²) >= 11 is 0. The maximum atomic E-state index is 5.82. The Hall–Kier alpha value is -0.800. The molecular formula is C16H30N2O. The summed E-state index contributed by atoms with van der Waals surface area (Å²) in [6, 6.07) is 3.25. The van der Waals surface area contributed by atoms with E-state index in [0.717, 1.165) is 24.6 Å². The average Bonchev–Trinajstić information content (AvgIpc) is 2.66. The molecule has 0 radical (unpaired) electrons. The molecule has 0 aliphatic rings. The topological polar surface area (TPSA) is 28.4 Å². The lowest BCUT2D eigenvalue weighted by atomic mass is 10.0. The summed E-state index contributed by atoms with van der Waals surface area (Å²) in [6.07, 6.45) is 0. The molecule has 1 N–H and O–H groups in total. The van der Waals surface area contributed by atoms with E-state index in [-0.39, 0.29) is 0 Å². The Morgan fingerprint density at radius 1 is 1.21 bits per heavy atom. The van der Waals surface area contributed by atoms with Crippen molar-refractivity contribution in [1.29, 1.82) is 0 Å². The van der Waals surface area contributed by atoms with Gasteiger partial charge in [0.2, 0.25) is 0 Å². The van der Waals surface area contributed by atoms with Crippen LogP contribution in [0.2, 0.25) is 0 Å². The van der Waals surface area contributed by atoms with Gasteiger partial charge in [-0.3, -0.25) is 4.90 Å². The molecule has 0 saturated heterocycles. The first-order valence-electron chi connectivity index (χ1n) is 7.33. The van der Waals surface area contributed by atoms with Crippen LogP contribution in [0.15, 0.2) is 10.5 Å². The number of rotatable bonds is 7. The van der Waals surface area contributed by atoms with Crippen molar-refractivity contribution in [3.8, 4) is 0 Å². The first-order chi connectivity index (χ1) is 8.81. The van der Waals surface area contributed by atoms with E-state index in [0.29, 0.717) is 18.0 Å². The van der Waals surface area contributed by atoms with E-state index in [1.54, 1.807) is 0 Å². The predicted molar refractivity (Wildman–Crippen MR) is 81.2 cm³/mol. The van der Waals surface area contributed by atoms with Gasteiger partial charge >= 0.3 is 0 Å². The zero-order valence-electron chi connectivity index (χ0n) is 13.6. The van der Waals surface area contributed by atoms with Crippen LogP contribution in [0.25, 0.3) is 0 Å². The molecule has 1 atom stereocenters. The quantitative estimate of drug-likeness (QED) is 0.818. The lowest BCUT2D eigenvalue weighted by Gasteiger charge is -2.27. The molecule has 0 fully saturated rings. The van der Waals surface area contributed by atoms with E-state index in [2.05, 4.69) is 64.9 Å². The van der Waals surface area contributed by atoms with Crippen molar-refractivity contribution in [2.24, 2.45) is 5.92 Å². The Labute approximate surface area is 118 Å². The second kappa shape index (κ2) is 7.11. The van der Waals surface area contributed by atoms with Crippen molar-refractivity contribution in [3.05, 3.63) is 23.2 Å². The third-order valence-corrected chi connectivity index (χ3v) is 3.84. The third kappa shape index (κ3) is 5.00. The highest BCUT2D eigenvalue weighted by Crippen LogP contribution is 2.19. The SMILES string of the molecule is Cc1oc(CNC(C)C)cc1CN(C)C(C)C(C)C. The fourth-order valence-corrected chi connectivity index (χ4v) is 2.06. The Morgan fingerprint density at radius 3 is 2.37 bits per heavy atom. The summed E-state index contributed by atoms with van der Waals surface area (Å²) in [4.78, 5) is 2.39. The Kier molecular flexibility index (Phi) is 6.08. The van der Waals surface area contributed by atoms with Crippen molar-refractivity contribution >= 4 is 0 Å². The third-order valence-electron chi connectivity index (χ3n) is 3.84. The maximum Gasteiger partial charge on any atom is 0.118 e. The van der Waals surface area contributed by atoms with Crippen LogP contribution in [-0.4, -0.2) is 24.0 Å². The van der Waals surface area contributed by atoms with Crippen molar-refractivity contribution < 1.29 is 4.42 Å². The molecule has 1 aromatic rings. The van der Waals surface area contributed by atoms with Crippen LogP contribution in [-0.2, 0) is 13.1 Å². The number of nitrogens with one attached hydrogen (secondary N) is 1. The molecule has 0 aliphatic heterocycles. The molecule has 0 aromatic carbocycles. The van der Waals surface area contributed by atoms with E-state index in [4.69, 9.17) is 4.42 Å². The van der Waals surface area contributed by atoms with Crippen LogP contribution in [0.3, 0.4) is 0 Å². The number of hydrogen-bond donors (Lipinski definition) is 1. The fraction of sp³-hybridized carbons (Fsp3) is 0.750. The van der Waals surface area contributed by atoms with Crippen LogP contribution in [0.4, 0.5) is 0 Å². The lowest BCUT2D eigenvalue weighted by molar-refractivity contribution is 0.199. The van der Waals surface area contributed by atoms with Gasteiger partial charge in [0, 0.05) is 24.2 Å². The monoisotopic (exact) mass is 266 g/mol. The van der Waals surface area contributed by atoms with Gasteiger partial charge in [0.25, 0.3) is 0 Å². The minimum Gasteiger partial charge on any atom is -0.465 e. The predicted octanol–water partition coefficient (Wildman–Crippen LogP) is 3.56. The molecule has 1 aromatic heterocycles. The van der Waals surface area contributed by atoms with Crippen molar-refractivity contribution in [1.82, 2.24) is 10.2 Å². The van der Waals surface area contributed by atoms with Crippen LogP contribution in [0.1, 0.15) is 51.7 Å². The maximum absolute atomic E-state index is 5.82. The zero-order valence-corrected chi connectivity index (χ0v) is 13.6. The zero-order chi connectivity index (χ0) is 14.6. The van der Waals surface area contributed by atoms with Crippen LogP contribution >= 0.6 is 0 Å². The standard InChI is InChI=1S/C16H30N2O/c1-11(2)13(5)18(7)10-15-8-16(19-14(15)6)9-17-12(3)4/h8,11-13,17H,9-10H2,1-7H3. The largest absolute Gasteiger partial charge is 0.465 e. The van der Waals surface area contributed by atoms with E-state index in [1.807, 2.05) is 0 Å². The first-order valence-corrected chi connectivity index (χ1v) is 7.33. The van der Waals surface area contributed by atoms with Gasteiger partial charge in [0.15, 0.2) is 0 Å². The summed E-state index contributed by atoms with van der Waals surface area (Å²) in [5, 5.41) is 3.39. The van der Waals surface area contributed by atoms with Crippen LogP contribution in [0, 0.1) is 12.8 Å². The van der Waals surface area contributed by atoms with E-state index < -0.39 is 0 Å². The molecular weight excluding hydrogens is 236 g/mol. The Bertz CT molecular complexity index is 382. The minimum atomic E-state index is 0.484. The smallest absolute Gasteiger partial charge is 0.118 e. The number of aryl methyl sites for hydroxylation is 1. The summed E-state index contributed by atoms with van der Waals surface area (Å²) < 4.78 is 5.82. The molecule has 0 bridgehead atoms. The molecule has 0 spiro atoms. The molecule has 3 heteroatoms. The van der Waals surface area contributed by atoms with Gasteiger partial charge in [0.05, 0.1) is 6.54 Å². The minimum absolute atomic E-state index is 0.484. The van der Waals surface area contributed by atoms with Gasteiger partial charge in [0.1, 0.15) is 11.5 Å². The molecule has 1 heterocycles. The first kappa shape index (κ1) is 16.3. The van der Waals surface area contributed by atoms with E-state index >= 15 is 0 Å². The van der Waals surface area contributed by atoms with Gasteiger partial charge in [-0.15, -0.1) is 0 Å². The second-order valence-corrected chi connectivity index (χ2v) is 6.23. The van der Waals surface area contributed by atoms with Gasteiger partial charge < -0.3 is 9.73 Å². The van der Waals surface area contributed by atoms with Crippen LogP contribution in [0.5, 0.6) is 0 Å². The van der Waals surface area contributed by atoms with Crippen LogP contribution < -0.4 is 5.32 Å². The number of nitrogens with zero attached hydrogens (tertiary/aromatic N) is 1.